The number of hydrogen-bond donors (Lipinski definition) is 1. The Morgan fingerprint density at radius 2 is 2.09 bits per heavy atom. The topological polar surface area (TPSA) is 56.2 Å². The zero-order valence-corrected chi connectivity index (χ0v) is 13.4. The number of hydrogen-bond acceptors (Lipinski definition) is 3. The zero-order chi connectivity index (χ0) is 15.9. The van der Waals surface area contributed by atoms with E-state index < -0.39 is 0 Å². The van der Waals surface area contributed by atoms with E-state index in [9.17, 15) is 4.79 Å². The summed E-state index contributed by atoms with van der Waals surface area (Å²) >= 11 is 0. The Kier molecular flexibility index (Phi) is 3.64. The number of nitrogens with zero attached hydrogens (tertiary/aromatic N) is 2. The third-order valence-corrected chi connectivity index (χ3v) is 4.23. The van der Waals surface area contributed by atoms with E-state index >= 15 is 0 Å². The summed E-state index contributed by atoms with van der Waals surface area (Å²) in [6.45, 7) is 5.80. The predicted octanol–water partition coefficient (Wildman–Crippen LogP) is 2.68. The van der Waals surface area contributed by atoms with Gasteiger partial charge < -0.3 is 10.1 Å². The Balaban J connectivity index is 1.88. The number of carbonyl (C=O) groups is 1. The number of aromatic nitrogens is 2. The molecule has 116 valence electrons. The van der Waals surface area contributed by atoms with E-state index in [0.717, 1.165) is 29.1 Å². The number of rotatable bonds is 2. The number of nitrogens with one attached hydrogen (secondary N) is 1. The monoisotopic (exact) mass is 299 g/mol. The zero-order valence-electron chi connectivity index (χ0n) is 13.4. The van der Waals surface area contributed by atoms with E-state index in [1.807, 2.05) is 52.1 Å². The molecular formula is C17H21N3O2. The molecule has 0 saturated heterocycles. The average Bonchev–Trinajstić information content (AvgIpc) is 2.71. The quantitative estimate of drug-likeness (QED) is 0.927. The molecule has 1 amide bonds. The molecule has 2 aromatic rings. The number of aryl methyl sites for hydroxylation is 2. The summed E-state index contributed by atoms with van der Waals surface area (Å²) in [4.78, 5) is 12.7. The minimum atomic E-state index is -0.0722. The van der Waals surface area contributed by atoms with Crippen LogP contribution in [0.2, 0.25) is 0 Å². The van der Waals surface area contributed by atoms with Crippen LogP contribution in [-0.4, -0.2) is 21.8 Å². The van der Waals surface area contributed by atoms with Crippen LogP contribution >= 0.6 is 0 Å². The van der Waals surface area contributed by atoms with Gasteiger partial charge >= 0.3 is 0 Å². The molecule has 0 unspecified atom stereocenters. The molecular weight excluding hydrogens is 278 g/mol. The molecule has 1 aromatic carbocycles. The molecule has 22 heavy (non-hydrogen) atoms. The lowest BCUT2D eigenvalue weighted by Gasteiger charge is -2.31. The van der Waals surface area contributed by atoms with Crippen LogP contribution in [-0.2, 0) is 7.05 Å². The predicted molar refractivity (Wildman–Crippen MR) is 84.0 cm³/mol. The smallest absolute Gasteiger partial charge is 0.255 e. The molecule has 0 aliphatic carbocycles. The fraction of sp³-hybridized carbons (Fsp3) is 0.412. The van der Waals surface area contributed by atoms with E-state index in [-0.39, 0.29) is 18.1 Å². The first kappa shape index (κ1) is 14.6. The second-order valence-corrected chi connectivity index (χ2v) is 5.90. The fourth-order valence-corrected chi connectivity index (χ4v) is 3.07. The van der Waals surface area contributed by atoms with Crippen molar-refractivity contribution in [3.8, 4) is 5.75 Å². The summed E-state index contributed by atoms with van der Waals surface area (Å²) in [6.07, 6.45) is 0.845. The maximum Gasteiger partial charge on any atom is 0.255 e. The van der Waals surface area contributed by atoms with Crippen LogP contribution in [0.15, 0.2) is 24.3 Å². The van der Waals surface area contributed by atoms with Gasteiger partial charge in [-0.3, -0.25) is 9.48 Å². The summed E-state index contributed by atoms with van der Waals surface area (Å²) in [5, 5.41) is 7.46. The highest BCUT2D eigenvalue weighted by molar-refractivity contribution is 5.96. The maximum absolute atomic E-state index is 12.7. The second kappa shape index (κ2) is 5.48. The minimum Gasteiger partial charge on any atom is -0.490 e. The van der Waals surface area contributed by atoms with E-state index in [1.54, 1.807) is 4.68 Å². The van der Waals surface area contributed by atoms with Gasteiger partial charge in [0.05, 0.1) is 23.4 Å². The number of carbonyl (C=O) groups excluding carboxylic acids is 1. The molecule has 1 aromatic heterocycles. The molecule has 0 saturated carbocycles. The first-order valence-corrected chi connectivity index (χ1v) is 7.54. The lowest BCUT2D eigenvalue weighted by molar-refractivity contribution is 0.0905. The summed E-state index contributed by atoms with van der Waals surface area (Å²) in [6, 6.07) is 7.84. The fourth-order valence-electron chi connectivity index (χ4n) is 3.07. The van der Waals surface area contributed by atoms with Gasteiger partial charge in [-0.1, -0.05) is 18.2 Å². The first-order chi connectivity index (χ1) is 10.5. The number of fused-ring (bicyclic) bond motifs is 1. The van der Waals surface area contributed by atoms with Gasteiger partial charge in [0.2, 0.25) is 0 Å². The average molecular weight is 299 g/mol. The standard InChI is InChI=1S/C17H21N3O2/c1-10-9-14(13-7-5-6-8-15(13)22-10)18-17(21)16-11(2)19-20(4)12(16)3/h5-8,10,14H,9H2,1-4H3,(H,18,21)/t10-,14-/m1/s1. The highest BCUT2D eigenvalue weighted by atomic mass is 16.5. The van der Waals surface area contributed by atoms with Crippen LogP contribution < -0.4 is 10.1 Å². The minimum absolute atomic E-state index is 0.0357. The molecule has 5 nitrogen and oxygen atoms in total. The molecule has 0 radical (unpaired) electrons. The third kappa shape index (κ3) is 2.47. The normalized spacial score (nSPS) is 20.2. The molecule has 1 aliphatic rings. The van der Waals surface area contributed by atoms with Crippen LogP contribution in [0.25, 0.3) is 0 Å². The summed E-state index contributed by atoms with van der Waals surface area (Å²) in [5.74, 6) is 0.781. The van der Waals surface area contributed by atoms with Crippen molar-refractivity contribution in [2.75, 3.05) is 0 Å². The van der Waals surface area contributed by atoms with E-state index in [0.29, 0.717) is 5.56 Å². The summed E-state index contributed by atoms with van der Waals surface area (Å²) < 4.78 is 7.57. The Labute approximate surface area is 130 Å². The SMILES string of the molecule is Cc1nn(C)c(C)c1C(=O)N[C@@H]1C[C@@H](C)Oc2ccccc21. The second-order valence-electron chi connectivity index (χ2n) is 5.90. The van der Waals surface area contributed by atoms with Crippen molar-refractivity contribution in [2.45, 2.75) is 39.3 Å². The highest BCUT2D eigenvalue weighted by Crippen LogP contribution is 2.34. The van der Waals surface area contributed by atoms with Gasteiger partial charge in [-0.05, 0) is 26.8 Å². The molecule has 0 fully saturated rings. The summed E-state index contributed by atoms with van der Waals surface area (Å²) in [7, 11) is 1.85. The lowest BCUT2D eigenvalue weighted by atomic mass is 9.96. The Morgan fingerprint density at radius 3 is 2.77 bits per heavy atom. The molecule has 2 heterocycles. The molecule has 0 spiro atoms. The first-order valence-electron chi connectivity index (χ1n) is 7.54. The van der Waals surface area contributed by atoms with Crippen molar-refractivity contribution in [3.05, 3.63) is 46.8 Å². The van der Waals surface area contributed by atoms with Crippen LogP contribution in [0.4, 0.5) is 0 Å². The summed E-state index contributed by atoms with van der Waals surface area (Å²) in [5.41, 5.74) is 3.33. The number of ether oxygens (including phenoxy) is 1. The van der Waals surface area contributed by atoms with E-state index in [4.69, 9.17) is 4.74 Å². The van der Waals surface area contributed by atoms with Crippen molar-refractivity contribution in [1.82, 2.24) is 15.1 Å². The van der Waals surface area contributed by atoms with Gasteiger partial charge in [0, 0.05) is 24.7 Å². The van der Waals surface area contributed by atoms with E-state index in [1.165, 1.54) is 0 Å². The van der Waals surface area contributed by atoms with Gasteiger partial charge in [0.1, 0.15) is 5.75 Å². The third-order valence-electron chi connectivity index (χ3n) is 4.23. The van der Waals surface area contributed by atoms with Gasteiger partial charge in [-0.15, -0.1) is 0 Å². The largest absolute Gasteiger partial charge is 0.490 e. The van der Waals surface area contributed by atoms with Crippen LogP contribution in [0.1, 0.15) is 46.7 Å². The molecule has 1 N–H and O–H groups in total. The lowest BCUT2D eigenvalue weighted by Crippen LogP contribution is -2.35. The maximum atomic E-state index is 12.7. The number of benzene rings is 1. The van der Waals surface area contributed by atoms with Crippen molar-refractivity contribution in [3.63, 3.8) is 0 Å². The Morgan fingerprint density at radius 1 is 1.36 bits per heavy atom. The van der Waals surface area contributed by atoms with Gasteiger partial charge in [-0.2, -0.15) is 5.10 Å². The van der Waals surface area contributed by atoms with Crippen molar-refractivity contribution in [2.24, 2.45) is 7.05 Å². The van der Waals surface area contributed by atoms with Crippen molar-refractivity contribution >= 4 is 5.91 Å². The van der Waals surface area contributed by atoms with Crippen molar-refractivity contribution < 1.29 is 9.53 Å². The van der Waals surface area contributed by atoms with Crippen LogP contribution in [0.3, 0.4) is 0 Å². The molecule has 3 rings (SSSR count). The number of amides is 1. The molecule has 5 heteroatoms. The highest BCUT2D eigenvalue weighted by Gasteiger charge is 2.28. The van der Waals surface area contributed by atoms with Crippen LogP contribution in [0, 0.1) is 13.8 Å². The molecule has 0 bridgehead atoms. The van der Waals surface area contributed by atoms with Gasteiger partial charge in [-0.25, -0.2) is 0 Å². The molecule has 1 aliphatic heterocycles. The Hall–Kier alpha value is -2.30. The van der Waals surface area contributed by atoms with Gasteiger partial charge in [0.25, 0.3) is 5.91 Å². The van der Waals surface area contributed by atoms with E-state index in [2.05, 4.69) is 10.4 Å². The van der Waals surface area contributed by atoms with Crippen LogP contribution in [0.5, 0.6) is 5.75 Å². The molecule has 2 atom stereocenters. The number of para-hydroxylation sites is 1. The van der Waals surface area contributed by atoms with Crippen molar-refractivity contribution in [1.29, 1.82) is 0 Å². The van der Waals surface area contributed by atoms with Gasteiger partial charge in [0.15, 0.2) is 0 Å². The Bertz CT molecular complexity index is 721.